The topological polar surface area (TPSA) is 56.6 Å². The van der Waals surface area contributed by atoms with Crippen molar-refractivity contribution in [1.82, 2.24) is 14.7 Å². The van der Waals surface area contributed by atoms with Crippen molar-refractivity contribution in [2.75, 3.05) is 20.2 Å². The van der Waals surface area contributed by atoms with Gasteiger partial charge in [-0.2, -0.15) is 0 Å². The van der Waals surface area contributed by atoms with Crippen molar-refractivity contribution in [2.24, 2.45) is 0 Å². The van der Waals surface area contributed by atoms with Crippen LogP contribution in [0.15, 0.2) is 84.9 Å². The number of halogens is 1. The SMILES string of the molecule is COc1ccccc1-n1nc(OC2CN(C(=O)c3ccccc3)C2)cc1-c1ccc(Cl)cc1. The number of amides is 1. The number of carbonyl (C=O) groups is 1. The van der Waals surface area contributed by atoms with Gasteiger partial charge in [0, 0.05) is 22.2 Å². The van der Waals surface area contributed by atoms with Gasteiger partial charge in [0.05, 0.1) is 25.9 Å². The lowest BCUT2D eigenvalue weighted by molar-refractivity contribution is 0.0158. The molecule has 0 aliphatic carbocycles. The fourth-order valence-electron chi connectivity index (χ4n) is 3.84. The molecule has 1 amide bonds. The highest BCUT2D eigenvalue weighted by Gasteiger charge is 2.33. The van der Waals surface area contributed by atoms with Crippen LogP contribution in [0.1, 0.15) is 10.4 Å². The van der Waals surface area contributed by atoms with Gasteiger partial charge in [-0.1, -0.05) is 54.1 Å². The molecule has 1 aliphatic rings. The summed E-state index contributed by atoms with van der Waals surface area (Å²) in [5.41, 5.74) is 3.28. The summed E-state index contributed by atoms with van der Waals surface area (Å²) in [6.07, 6.45) is -0.114. The Kier molecular flexibility index (Phi) is 5.75. The number of likely N-dealkylation sites (tertiary alicyclic amines) is 1. The van der Waals surface area contributed by atoms with E-state index in [4.69, 9.17) is 26.2 Å². The number of aromatic nitrogens is 2. The van der Waals surface area contributed by atoms with Crippen molar-refractivity contribution in [2.45, 2.75) is 6.10 Å². The summed E-state index contributed by atoms with van der Waals surface area (Å²) in [6.45, 7) is 1.04. The lowest BCUT2D eigenvalue weighted by Gasteiger charge is -2.38. The summed E-state index contributed by atoms with van der Waals surface area (Å²) in [6, 6.07) is 26.4. The number of para-hydroxylation sites is 2. The third-order valence-electron chi connectivity index (χ3n) is 5.58. The van der Waals surface area contributed by atoms with Crippen LogP contribution in [0, 0.1) is 0 Å². The first-order valence-corrected chi connectivity index (χ1v) is 11.0. The zero-order chi connectivity index (χ0) is 22.8. The smallest absolute Gasteiger partial charge is 0.254 e. The Morgan fingerprint density at radius 1 is 0.970 bits per heavy atom. The molecule has 0 bridgehead atoms. The van der Waals surface area contributed by atoms with Gasteiger partial charge in [0.1, 0.15) is 17.5 Å². The van der Waals surface area contributed by atoms with E-state index >= 15 is 0 Å². The Morgan fingerprint density at radius 3 is 2.39 bits per heavy atom. The van der Waals surface area contributed by atoms with Crippen molar-refractivity contribution < 1.29 is 14.3 Å². The van der Waals surface area contributed by atoms with Crippen LogP contribution in [0.25, 0.3) is 16.9 Å². The predicted molar refractivity (Wildman–Crippen MR) is 127 cm³/mol. The first-order chi connectivity index (χ1) is 16.1. The van der Waals surface area contributed by atoms with Crippen LogP contribution in [0.2, 0.25) is 5.02 Å². The molecule has 166 valence electrons. The van der Waals surface area contributed by atoms with E-state index in [1.807, 2.05) is 89.6 Å². The average Bonchev–Trinajstić information content (AvgIpc) is 3.25. The number of ether oxygens (including phenoxy) is 2. The highest BCUT2D eigenvalue weighted by molar-refractivity contribution is 6.30. The maximum atomic E-state index is 12.6. The molecule has 2 heterocycles. The van der Waals surface area contributed by atoms with E-state index in [9.17, 15) is 4.79 Å². The molecule has 4 aromatic rings. The zero-order valence-electron chi connectivity index (χ0n) is 18.0. The molecule has 0 unspecified atom stereocenters. The number of benzene rings is 3. The quantitative estimate of drug-likeness (QED) is 0.402. The lowest BCUT2D eigenvalue weighted by Crippen LogP contribution is -2.56. The van der Waals surface area contributed by atoms with Crippen LogP contribution in [0.3, 0.4) is 0 Å². The Balaban J connectivity index is 1.39. The first-order valence-electron chi connectivity index (χ1n) is 10.6. The Labute approximate surface area is 196 Å². The number of hydrogen-bond donors (Lipinski definition) is 0. The van der Waals surface area contributed by atoms with Gasteiger partial charge in [-0.05, 0) is 36.4 Å². The van der Waals surface area contributed by atoms with Crippen LogP contribution in [-0.4, -0.2) is 46.9 Å². The average molecular weight is 460 g/mol. The van der Waals surface area contributed by atoms with Gasteiger partial charge in [-0.15, -0.1) is 5.10 Å². The Bertz CT molecular complexity index is 1270. The third kappa shape index (κ3) is 4.30. The summed E-state index contributed by atoms with van der Waals surface area (Å²) < 4.78 is 13.5. The number of rotatable bonds is 6. The van der Waals surface area contributed by atoms with Crippen LogP contribution in [-0.2, 0) is 0 Å². The van der Waals surface area contributed by atoms with E-state index in [0.717, 1.165) is 16.9 Å². The summed E-state index contributed by atoms with van der Waals surface area (Å²) in [5.74, 6) is 1.20. The molecule has 0 saturated carbocycles. The Morgan fingerprint density at radius 2 is 1.67 bits per heavy atom. The van der Waals surface area contributed by atoms with Crippen molar-refractivity contribution >= 4 is 17.5 Å². The molecule has 3 aromatic carbocycles. The van der Waals surface area contributed by atoms with Gasteiger partial charge < -0.3 is 14.4 Å². The minimum absolute atomic E-state index is 0.0110. The van der Waals surface area contributed by atoms with Crippen molar-refractivity contribution in [3.63, 3.8) is 0 Å². The van der Waals surface area contributed by atoms with Crippen LogP contribution in [0.5, 0.6) is 11.6 Å². The number of carbonyl (C=O) groups excluding carboxylic acids is 1. The molecule has 1 aliphatic heterocycles. The molecular weight excluding hydrogens is 438 g/mol. The van der Waals surface area contributed by atoms with Crippen LogP contribution in [0.4, 0.5) is 0 Å². The van der Waals surface area contributed by atoms with Gasteiger partial charge >= 0.3 is 0 Å². The molecule has 0 spiro atoms. The first kappa shape index (κ1) is 21.1. The molecule has 33 heavy (non-hydrogen) atoms. The van der Waals surface area contributed by atoms with Gasteiger partial charge in [-0.25, -0.2) is 4.68 Å². The maximum absolute atomic E-state index is 12.6. The van der Waals surface area contributed by atoms with Gasteiger partial charge in [0.15, 0.2) is 0 Å². The van der Waals surface area contributed by atoms with Crippen LogP contribution < -0.4 is 9.47 Å². The highest BCUT2D eigenvalue weighted by Crippen LogP contribution is 2.32. The summed E-state index contributed by atoms with van der Waals surface area (Å²) in [7, 11) is 1.63. The molecule has 0 radical (unpaired) electrons. The minimum Gasteiger partial charge on any atom is -0.494 e. The van der Waals surface area contributed by atoms with E-state index in [0.29, 0.717) is 35.3 Å². The van der Waals surface area contributed by atoms with E-state index in [-0.39, 0.29) is 12.0 Å². The van der Waals surface area contributed by atoms with Gasteiger partial charge in [-0.3, -0.25) is 4.79 Å². The number of hydrogen-bond acceptors (Lipinski definition) is 4. The minimum atomic E-state index is -0.114. The van der Waals surface area contributed by atoms with Crippen LogP contribution >= 0.6 is 11.6 Å². The van der Waals surface area contributed by atoms with E-state index < -0.39 is 0 Å². The fourth-order valence-corrected chi connectivity index (χ4v) is 3.97. The van der Waals surface area contributed by atoms with E-state index in [1.165, 1.54) is 0 Å². The lowest BCUT2D eigenvalue weighted by atomic mass is 10.1. The fraction of sp³-hybridized carbons (Fsp3) is 0.154. The zero-order valence-corrected chi connectivity index (χ0v) is 18.8. The van der Waals surface area contributed by atoms with Crippen molar-refractivity contribution in [3.8, 4) is 28.6 Å². The monoisotopic (exact) mass is 459 g/mol. The molecule has 0 atom stereocenters. The summed E-state index contributed by atoms with van der Waals surface area (Å²) in [4.78, 5) is 14.4. The summed E-state index contributed by atoms with van der Waals surface area (Å²) in [5, 5.41) is 5.38. The van der Waals surface area contributed by atoms with Crippen molar-refractivity contribution in [3.05, 3.63) is 95.5 Å². The largest absolute Gasteiger partial charge is 0.494 e. The maximum Gasteiger partial charge on any atom is 0.254 e. The second-order valence-corrected chi connectivity index (χ2v) is 8.21. The molecule has 5 rings (SSSR count). The highest BCUT2D eigenvalue weighted by atomic mass is 35.5. The normalized spacial score (nSPS) is 13.5. The molecule has 1 fully saturated rings. The molecule has 0 N–H and O–H groups in total. The third-order valence-corrected chi connectivity index (χ3v) is 5.84. The Hall–Kier alpha value is -3.77. The number of methoxy groups -OCH3 is 1. The second kappa shape index (κ2) is 9.00. The predicted octanol–water partition coefficient (Wildman–Crippen LogP) is 5.10. The second-order valence-electron chi connectivity index (χ2n) is 7.77. The summed E-state index contributed by atoms with van der Waals surface area (Å²) >= 11 is 6.09. The van der Waals surface area contributed by atoms with E-state index in [2.05, 4.69) is 0 Å². The van der Waals surface area contributed by atoms with Gasteiger partial charge in [0.2, 0.25) is 5.88 Å². The number of nitrogens with zero attached hydrogens (tertiary/aromatic N) is 3. The van der Waals surface area contributed by atoms with Gasteiger partial charge in [0.25, 0.3) is 5.91 Å². The molecule has 1 aromatic heterocycles. The molecule has 1 saturated heterocycles. The molecule has 7 heteroatoms. The van der Waals surface area contributed by atoms with Crippen molar-refractivity contribution in [1.29, 1.82) is 0 Å². The standard InChI is InChI=1S/C26H22ClN3O3/c1-32-24-10-6-5-9-22(24)30-23(18-11-13-20(27)14-12-18)15-25(28-30)33-21-16-29(17-21)26(31)19-7-3-2-4-8-19/h2-15,21H,16-17H2,1H3. The molecular formula is C26H22ClN3O3. The van der Waals surface area contributed by atoms with E-state index in [1.54, 1.807) is 12.0 Å². The molecule has 6 nitrogen and oxygen atoms in total.